The van der Waals surface area contributed by atoms with Gasteiger partial charge in [0.2, 0.25) is 0 Å². The van der Waals surface area contributed by atoms with Crippen molar-refractivity contribution in [1.29, 1.82) is 0 Å². The van der Waals surface area contributed by atoms with Gasteiger partial charge in [0.15, 0.2) is 0 Å². The van der Waals surface area contributed by atoms with Gasteiger partial charge in [0.1, 0.15) is 5.75 Å². The van der Waals surface area contributed by atoms with Gasteiger partial charge in [0.05, 0.1) is 7.11 Å². The Labute approximate surface area is 95.4 Å². The molecule has 0 unspecified atom stereocenters. The molecule has 0 aliphatic heterocycles. The smallest absolute Gasteiger partial charge is 0.123 e. The van der Waals surface area contributed by atoms with Crippen molar-refractivity contribution in [3.05, 3.63) is 28.8 Å². The summed E-state index contributed by atoms with van der Waals surface area (Å²) in [6.07, 6.45) is 3.73. The third-order valence-electron chi connectivity index (χ3n) is 3.21. The normalized spacial score (nSPS) is 18.3. The van der Waals surface area contributed by atoms with Gasteiger partial charge in [-0.25, -0.2) is 0 Å². The van der Waals surface area contributed by atoms with Gasteiger partial charge in [0.25, 0.3) is 0 Å². The van der Waals surface area contributed by atoms with Crippen molar-refractivity contribution in [2.45, 2.75) is 25.3 Å². The number of hydrogen-bond acceptors (Lipinski definition) is 2. The monoisotopic (exact) mass is 225 g/mol. The van der Waals surface area contributed by atoms with E-state index >= 15 is 0 Å². The average Bonchev–Trinajstić information content (AvgIpc) is 2.15. The fraction of sp³-hybridized carbons (Fsp3) is 0.500. The van der Waals surface area contributed by atoms with Crippen LogP contribution in [0.2, 0.25) is 5.02 Å². The van der Waals surface area contributed by atoms with Gasteiger partial charge in [-0.3, -0.25) is 0 Å². The highest BCUT2D eigenvalue weighted by atomic mass is 35.5. The molecule has 2 nitrogen and oxygen atoms in total. The SMILES string of the molecule is COc1ccc(Cl)cc1[C@H](N)C1CCC1. The number of methoxy groups -OCH3 is 1. The average molecular weight is 226 g/mol. The summed E-state index contributed by atoms with van der Waals surface area (Å²) in [6, 6.07) is 5.70. The largest absolute Gasteiger partial charge is 0.496 e. The summed E-state index contributed by atoms with van der Waals surface area (Å²) in [6.45, 7) is 0. The van der Waals surface area contributed by atoms with Gasteiger partial charge in [-0.05, 0) is 37.0 Å². The lowest BCUT2D eigenvalue weighted by Crippen LogP contribution is -2.27. The van der Waals surface area contributed by atoms with E-state index in [9.17, 15) is 0 Å². The molecule has 0 saturated heterocycles. The Morgan fingerprint density at radius 2 is 2.20 bits per heavy atom. The molecule has 0 spiro atoms. The van der Waals surface area contributed by atoms with E-state index < -0.39 is 0 Å². The molecule has 1 saturated carbocycles. The van der Waals surface area contributed by atoms with Gasteiger partial charge in [0, 0.05) is 16.6 Å². The molecule has 2 N–H and O–H groups in total. The summed E-state index contributed by atoms with van der Waals surface area (Å²) in [4.78, 5) is 0. The maximum Gasteiger partial charge on any atom is 0.123 e. The molecule has 1 aliphatic rings. The molecule has 0 aromatic heterocycles. The first-order valence-electron chi connectivity index (χ1n) is 5.31. The first-order valence-corrected chi connectivity index (χ1v) is 5.69. The second kappa shape index (κ2) is 4.42. The molecule has 1 fully saturated rings. The van der Waals surface area contributed by atoms with Gasteiger partial charge in [-0.2, -0.15) is 0 Å². The Bertz CT molecular complexity index is 349. The van der Waals surface area contributed by atoms with E-state index in [1.807, 2.05) is 18.2 Å². The standard InChI is InChI=1S/C12H16ClNO/c1-15-11-6-5-9(13)7-10(11)12(14)8-3-2-4-8/h5-8,12H,2-4,14H2,1H3/t12-/m1/s1. The van der Waals surface area contributed by atoms with Crippen LogP contribution in [0.15, 0.2) is 18.2 Å². The number of ether oxygens (including phenoxy) is 1. The lowest BCUT2D eigenvalue weighted by atomic mass is 9.77. The molecule has 1 aromatic rings. The molecule has 1 aliphatic carbocycles. The van der Waals surface area contributed by atoms with E-state index in [2.05, 4.69) is 0 Å². The van der Waals surface area contributed by atoms with E-state index in [0.29, 0.717) is 5.92 Å². The molecule has 2 rings (SSSR count). The number of halogens is 1. The topological polar surface area (TPSA) is 35.2 Å². The fourth-order valence-corrected chi connectivity index (χ4v) is 2.20. The molecule has 0 radical (unpaired) electrons. The van der Waals surface area contributed by atoms with E-state index in [0.717, 1.165) is 16.3 Å². The first kappa shape index (κ1) is 10.8. The predicted molar refractivity (Wildman–Crippen MR) is 62.3 cm³/mol. The molecule has 0 bridgehead atoms. The Hall–Kier alpha value is -0.730. The fourth-order valence-electron chi connectivity index (χ4n) is 2.02. The summed E-state index contributed by atoms with van der Waals surface area (Å²) in [5.41, 5.74) is 7.24. The molecule has 3 heteroatoms. The summed E-state index contributed by atoms with van der Waals surface area (Å²) in [5, 5.41) is 0.723. The zero-order valence-corrected chi connectivity index (χ0v) is 9.63. The van der Waals surface area contributed by atoms with E-state index in [1.54, 1.807) is 7.11 Å². The Kier molecular flexibility index (Phi) is 3.17. The van der Waals surface area contributed by atoms with E-state index in [4.69, 9.17) is 22.1 Å². The molecule has 15 heavy (non-hydrogen) atoms. The van der Waals surface area contributed by atoms with Crippen molar-refractivity contribution in [2.75, 3.05) is 7.11 Å². The minimum Gasteiger partial charge on any atom is -0.496 e. The van der Waals surface area contributed by atoms with Crippen LogP contribution >= 0.6 is 11.6 Å². The van der Waals surface area contributed by atoms with Gasteiger partial charge in [-0.1, -0.05) is 18.0 Å². The summed E-state index contributed by atoms with van der Waals surface area (Å²) in [5.74, 6) is 1.44. The van der Waals surface area contributed by atoms with Crippen LogP contribution in [0.5, 0.6) is 5.75 Å². The number of hydrogen-bond donors (Lipinski definition) is 1. The number of rotatable bonds is 3. The molecule has 0 amide bonds. The second-order valence-electron chi connectivity index (χ2n) is 4.10. The third kappa shape index (κ3) is 2.11. The molecular formula is C12H16ClNO. The first-order chi connectivity index (χ1) is 7.22. The Morgan fingerprint density at radius 3 is 2.73 bits per heavy atom. The van der Waals surface area contributed by atoms with Crippen LogP contribution in [0.4, 0.5) is 0 Å². The van der Waals surface area contributed by atoms with E-state index in [1.165, 1.54) is 19.3 Å². The molecule has 82 valence electrons. The summed E-state index contributed by atoms with van der Waals surface area (Å²) >= 11 is 5.97. The maximum atomic E-state index is 6.21. The van der Waals surface area contributed by atoms with Crippen molar-refractivity contribution in [2.24, 2.45) is 11.7 Å². The minimum absolute atomic E-state index is 0.0624. The van der Waals surface area contributed by atoms with Gasteiger partial charge >= 0.3 is 0 Å². The highest BCUT2D eigenvalue weighted by Crippen LogP contribution is 2.39. The van der Waals surface area contributed by atoms with Crippen LogP contribution < -0.4 is 10.5 Å². The van der Waals surface area contributed by atoms with Crippen LogP contribution in [0, 0.1) is 5.92 Å². The Morgan fingerprint density at radius 1 is 1.47 bits per heavy atom. The summed E-state index contributed by atoms with van der Waals surface area (Å²) < 4.78 is 5.30. The van der Waals surface area contributed by atoms with Crippen molar-refractivity contribution in [3.8, 4) is 5.75 Å². The zero-order valence-electron chi connectivity index (χ0n) is 8.87. The number of benzene rings is 1. The van der Waals surface area contributed by atoms with Crippen LogP contribution in [0.25, 0.3) is 0 Å². The van der Waals surface area contributed by atoms with Crippen LogP contribution in [0.1, 0.15) is 30.9 Å². The quantitative estimate of drug-likeness (QED) is 0.858. The lowest BCUT2D eigenvalue weighted by Gasteiger charge is -2.32. The van der Waals surface area contributed by atoms with Crippen LogP contribution in [0.3, 0.4) is 0 Å². The molecule has 0 heterocycles. The number of nitrogens with two attached hydrogens (primary N) is 1. The third-order valence-corrected chi connectivity index (χ3v) is 3.44. The van der Waals surface area contributed by atoms with Gasteiger partial charge < -0.3 is 10.5 Å². The van der Waals surface area contributed by atoms with Crippen molar-refractivity contribution in [3.63, 3.8) is 0 Å². The van der Waals surface area contributed by atoms with Gasteiger partial charge in [-0.15, -0.1) is 0 Å². The highest BCUT2D eigenvalue weighted by molar-refractivity contribution is 6.30. The Balaban J connectivity index is 2.27. The van der Waals surface area contributed by atoms with Crippen molar-refractivity contribution >= 4 is 11.6 Å². The molecule has 1 aromatic carbocycles. The lowest BCUT2D eigenvalue weighted by molar-refractivity contribution is 0.259. The van der Waals surface area contributed by atoms with E-state index in [-0.39, 0.29) is 6.04 Å². The predicted octanol–water partition coefficient (Wildman–Crippen LogP) is 3.15. The second-order valence-corrected chi connectivity index (χ2v) is 4.54. The van der Waals surface area contributed by atoms with Crippen LogP contribution in [-0.4, -0.2) is 7.11 Å². The maximum absolute atomic E-state index is 6.21. The molecule has 1 atom stereocenters. The van der Waals surface area contributed by atoms with Crippen LogP contribution in [-0.2, 0) is 0 Å². The van der Waals surface area contributed by atoms with Crippen molar-refractivity contribution < 1.29 is 4.74 Å². The minimum atomic E-state index is 0.0624. The zero-order chi connectivity index (χ0) is 10.8. The van der Waals surface area contributed by atoms with Crippen molar-refractivity contribution in [1.82, 2.24) is 0 Å². The highest BCUT2D eigenvalue weighted by Gasteiger charge is 2.27. The molecular weight excluding hydrogens is 210 g/mol. The summed E-state index contributed by atoms with van der Waals surface area (Å²) in [7, 11) is 1.67.